The van der Waals surface area contributed by atoms with Crippen LogP contribution in [0.15, 0.2) is 36.4 Å². The van der Waals surface area contributed by atoms with Gasteiger partial charge in [-0.1, -0.05) is 37.1 Å². The predicted octanol–water partition coefficient (Wildman–Crippen LogP) is 4.26. The topological polar surface area (TPSA) is 55.4 Å². The number of cyclic esters (lactones) is 1. The highest BCUT2D eigenvalue weighted by Gasteiger charge is 2.55. The molecule has 3 fully saturated rings. The second-order valence-electron chi connectivity index (χ2n) is 8.36. The summed E-state index contributed by atoms with van der Waals surface area (Å²) >= 11 is 0. The number of ether oxygens (including phenoxy) is 1. The molecule has 138 valence electrons. The molecule has 0 aromatic heterocycles. The fraction of sp³-hybridized carbons (Fsp3) is 0.545. The molecule has 26 heavy (non-hydrogen) atoms. The zero-order valence-electron chi connectivity index (χ0n) is 15.3. The molecule has 4 heteroatoms. The average molecular weight is 353 g/mol. The Hall–Kier alpha value is -2.10. The van der Waals surface area contributed by atoms with E-state index < -0.39 is 5.41 Å². The van der Waals surface area contributed by atoms with Crippen molar-refractivity contribution >= 4 is 17.6 Å². The van der Waals surface area contributed by atoms with Gasteiger partial charge in [0, 0.05) is 18.0 Å². The molecule has 1 N–H and O–H groups in total. The van der Waals surface area contributed by atoms with Crippen LogP contribution in [0.2, 0.25) is 0 Å². The smallest absolute Gasteiger partial charge is 0.313 e. The number of benzene rings is 1. The minimum absolute atomic E-state index is 0.0740. The van der Waals surface area contributed by atoms with Gasteiger partial charge in [-0.05, 0) is 55.7 Å². The molecular formula is C22H27NO3. The summed E-state index contributed by atoms with van der Waals surface area (Å²) in [7, 11) is 0. The van der Waals surface area contributed by atoms with E-state index in [0.717, 1.165) is 29.7 Å². The summed E-state index contributed by atoms with van der Waals surface area (Å²) in [5, 5.41) is 3.01. The van der Waals surface area contributed by atoms with Gasteiger partial charge in [-0.25, -0.2) is 0 Å². The molecule has 0 radical (unpaired) electrons. The van der Waals surface area contributed by atoms with Gasteiger partial charge in [0.1, 0.15) is 0 Å². The van der Waals surface area contributed by atoms with Crippen molar-refractivity contribution in [3.05, 3.63) is 42.0 Å². The summed E-state index contributed by atoms with van der Waals surface area (Å²) in [6.45, 7) is 4.61. The van der Waals surface area contributed by atoms with Crippen molar-refractivity contribution in [1.82, 2.24) is 0 Å². The lowest BCUT2D eigenvalue weighted by Crippen LogP contribution is -2.31. The zero-order valence-corrected chi connectivity index (χ0v) is 15.3. The van der Waals surface area contributed by atoms with Crippen molar-refractivity contribution < 1.29 is 14.3 Å². The van der Waals surface area contributed by atoms with Crippen LogP contribution >= 0.6 is 0 Å². The van der Waals surface area contributed by atoms with Crippen molar-refractivity contribution in [3.8, 4) is 0 Å². The predicted molar refractivity (Wildman–Crippen MR) is 101 cm³/mol. The Labute approximate surface area is 155 Å². The lowest BCUT2D eigenvalue weighted by molar-refractivity contribution is -0.146. The maximum Gasteiger partial charge on any atom is 0.313 e. The van der Waals surface area contributed by atoms with Crippen LogP contribution < -0.4 is 5.32 Å². The molecule has 1 heterocycles. The third kappa shape index (κ3) is 3.29. The molecule has 2 unspecified atom stereocenters. The number of nitrogens with one attached hydrogen (secondary N) is 1. The third-order valence-electron chi connectivity index (χ3n) is 6.41. The highest BCUT2D eigenvalue weighted by molar-refractivity contribution is 5.90. The molecule has 2 aliphatic carbocycles. The standard InChI is InChI=1S/C22H27NO3/c1-15-10-18-14-26-21(25)22(18,12-15)13-17-6-8-19(9-7-17)23-20(24)11-16-4-2-3-5-16/h6-9,16,18H,1-5,10-14H2,(H,23,24). The first kappa shape index (κ1) is 17.3. The second kappa shape index (κ2) is 6.90. The molecule has 2 atom stereocenters. The Morgan fingerprint density at radius 2 is 1.96 bits per heavy atom. The lowest BCUT2D eigenvalue weighted by atomic mass is 9.75. The minimum atomic E-state index is -0.426. The van der Waals surface area contributed by atoms with Crippen LogP contribution in [0.1, 0.15) is 50.5 Å². The highest BCUT2D eigenvalue weighted by atomic mass is 16.5. The van der Waals surface area contributed by atoms with Gasteiger partial charge in [0.2, 0.25) is 5.91 Å². The van der Waals surface area contributed by atoms with Crippen LogP contribution in [0.4, 0.5) is 5.69 Å². The lowest BCUT2D eigenvalue weighted by Gasteiger charge is -2.24. The largest absolute Gasteiger partial charge is 0.465 e. The SMILES string of the molecule is C=C1CC2COC(=O)C2(Cc2ccc(NC(=O)CC3CCCC3)cc2)C1. The second-order valence-corrected chi connectivity index (χ2v) is 8.36. The zero-order chi connectivity index (χ0) is 18.1. The number of hydrogen-bond acceptors (Lipinski definition) is 3. The fourth-order valence-electron chi connectivity index (χ4n) is 5.02. The van der Waals surface area contributed by atoms with E-state index in [1.165, 1.54) is 25.7 Å². The molecule has 1 aliphatic heterocycles. The molecule has 1 amide bonds. The molecule has 4 nitrogen and oxygen atoms in total. The summed E-state index contributed by atoms with van der Waals surface area (Å²) in [6.07, 6.45) is 7.80. The van der Waals surface area contributed by atoms with Gasteiger partial charge in [-0.15, -0.1) is 0 Å². The van der Waals surface area contributed by atoms with E-state index in [2.05, 4.69) is 11.9 Å². The van der Waals surface area contributed by atoms with Crippen LogP contribution in [0.3, 0.4) is 0 Å². The first-order valence-corrected chi connectivity index (χ1v) is 9.78. The summed E-state index contributed by atoms with van der Waals surface area (Å²) in [4.78, 5) is 24.6. The maximum absolute atomic E-state index is 12.4. The number of rotatable bonds is 5. The molecule has 0 spiro atoms. The number of fused-ring (bicyclic) bond motifs is 1. The number of anilines is 1. The van der Waals surface area contributed by atoms with Crippen molar-refractivity contribution in [2.24, 2.45) is 17.3 Å². The van der Waals surface area contributed by atoms with Gasteiger partial charge in [0.25, 0.3) is 0 Å². The van der Waals surface area contributed by atoms with Crippen LogP contribution in [0.25, 0.3) is 0 Å². The Balaban J connectivity index is 1.39. The summed E-state index contributed by atoms with van der Waals surface area (Å²) < 4.78 is 5.35. The van der Waals surface area contributed by atoms with Crippen molar-refractivity contribution in [3.63, 3.8) is 0 Å². The quantitative estimate of drug-likeness (QED) is 0.636. The van der Waals surface area contributed by atoms with Crippen molar-refractivity contribution in [2.45, 2.75) is 51.4 Å². The van der Waals surface area contributed by atoms with Crippen LogP contribution in [-0.4, -0.2) is 18.5 Å². The van der Waals surface area contributed by atoms with E-state index in [-0.39, 0.29) is 17.8 Å². The normalized spacial score (nSPS) is 28.2. The molecule has 4 rings (SSSR count). The molecule has 3 aliphatic rings. The number of amides is 1. The van der Waals surface area contributed by atoms with E-state index in [1.807, 2.05) is 24.3 Å². The highest BCUT2D eigenvalue weighted by Crippen LogP contribution is 2.52. The molecule has 2 saturated carbocycles. The van der Waals surface area contributed by atoms with Gasteiger partial charge >= 0.3 is 5.97 Å². The fourth-order valence-corrected chi connectivity index (χ4v) is 5.02. The van der Waals surface area contributed by atoms with Gasteiger partial charge in [0.15, 0.2) is 0 Å². The van der Waals surface area contributed by atoms with E-state index in [1.54, 1.807) is 0 Å². The third-order valence-corrected chi connectivity index (χ3v) is 6.41. The van der Waals surface area contributed by atoms with Gasteiger partial charge in [-0.3, -0.25) is 9.59 Å². The first-order chi connectivity index (χ1) is 12.5. The Morgan fingerprint density at radius 1 is 1.23 bits per heavy atom. The van der Waals surface area contributed by atoms with Gasteiger partial charge in [-0.2, -0.15) is 0 Å². The van der Waals surface area contributed by atoms with Crippen LogP contribution in [0.5, 0.6) is 0 Å². The number of carbonyl (C=O) groups excluding carboxylic acids is 2. The number of allylic oxidation sites excluding steroid dienone is 1. The number of esters is 1. The van der Waals surface area contributed by atoms with Crippen molar-refractivity contribution in [2.75, 3.05) is 11.9 Å². The van der Waals surface area contributed by atoms with E-state index in [4.69, 9.17) is 4.74 Å². The monoisotopic (exact) mass is 353 g/mol. The van der Waals surface area contributed by atoms with Gasteiger partial charge in [0.05, 0.1) is 12.0 Å². The Bertz CT molecular complexity index is 717. The van der Waals surface area contributed by atoms with Gasteiger partial charge < -0.3 is 10.1 Å². The summed E-state index contributed by atoms with van der Waals surface area (Å²) in [6, 6.07) is 7.92. The van der Waals surface area contributed by atoms with E-state index in [9.17, 15) is 9.59 Å². The average Bonchev–Trinajstić information content (AvgIpc) is 3.28. The first-order valence-electron chi connectivity index (χ1n) is 9.78. The van der Waals surface area contributed by atoms with E-state index in [0.29, 0.717) is 25.4 Å². The summed E-state index contributed by atoms with van der Waals surface area (Å²) in [5.41, 5.74) is 2.67. The molecule has 1 aromatic carbocycles. The van der Waals surface area contributed by atoms with E-state index >= 15 is 0 Å². The summed E-state index contributed by atoms with van der Waals surface area (Å²) in [5.74, 6) is 0.840. The Kier molecular flexibility index (Phi) is 4.60. The Morgan fingerprint density at radius 3 is 2.69 bits per heavy atom. The molecule has 0 bridgehead atoms. The molecule has 1 saturated heterocycles. The molecule has 1 aromatic rings. The maximum atomic E-state index is 12.4. The van der Waals surface area contributed by atoms with Crippen LogP contribution in [-0.2, 0) is 20.7 Å². The number of carbonyl (C=O) groups is 2. The van der Waals surface area contributed by atoms with Crippen LogP contribution in [0, 0.1) is 17.3 Å². The number of hydrogen-bond donors (Lipinski definition) is 1. The minimum Gasteiger partial charge on any atom is -0.465 e. The van der Waals surface area contributed by atoms with Crippen molar-refractivity contribution in [1.29, 1.82) is 0 Å². The molecular weight excluding hydrogens is 326 g/mol.